The van der Waals surface area contributed by atoms with Crippen LogP contribution in [0, 0.1) is 0 Å². The number of anilines is 1. The van der Waals surface area contributed by atoms with Crippen LogP contribution in [-0.2, 0) is 6.54 Å². The van der Waals surface area contributed by atoms with Gasteiger partial charge < -0.3 is 10.2 Å². The Kier molecular flexibility index (Phi) is 5.86. The van der Waals surface area contributed by atoms with Crippen molar-refractivity contribution in [2.75, 3.05) is 11.4 Å². The molecule has 5 nitrogen and oxygen atoms in total. The van der Waals surface area contributed by atoms with Crippen LogP contribution in [0.25, 0.3) is 0 Å². The van der Waals surface area contributed by atoms with E-state index >= 15 is 0 Å². The van der Waals surface area contributed by atoms with Gasteiger partial charge in [0.05, 0.1) is 12.4 Å². The van der Waals surface area contributed by atoms with Crippen LogP contribution >= 0.6 is 0 Å². The van der Waals surface area contributed by atoms with Crippen LogP contribution in [0.1, 0.15) is 29.9 Å². The average molecular weight is 310 g/mol. The number of rotatable bonds is 7. The van der Waals surface area contributed by atoms with Gasteiger partial charge in [-0.1, -0.05) is 36.4 Å². The maximum atomic E-state index is 11.8. The van der Waals surface area contributed by atoms with Gasteiger partial charge in [-0.3, -0.25) is 4.79 Å². The van der Waals surface area contributed by atoms with Crippen LogP contribution in [0.5, 0.6) is 0 Å². The van der Waals surface area contributed by atoms with Gasteiger partial charge in [0.25, 0.3) is 5.91 Å². The number of nitrogens with zero attached hydrogens (tertiary/aromatic N) is 3. The Morgan fingerprint density at radius 3 is 2.57 bits per heavy atom. The number of carbonyl (C=O) groups excluding carboxylic acids is 1. The molecule has 0 saturated carbocycles. The molecule has 0 spiro atoms. The van der Waals surface area contributed by atoms with Crippen molar-refractivity contribution in [1.82, 2.24) is 15.3 Å². The third kappa shape index (κ3) is 4.64. The van der Waals surface area contributed by atoms with E-state index in [-0.39, 0.29) is 11.9 Å². The third-order valence-corrected chi connectivity index (χ3v) is 3.39. The van der Waals surface area contributed by atoms with Gasteiger partial charge in [0.2, 0.25) is 0 Å². The van der Waals surface area contributed by atoms with E-state index in [2.05, 4.69) is 52.7 Å². The first kappa shape index (κ1) is 16.7. The topological polar surface area (TPSA) is 58.1 Å². The van der Waals surface area contributed by atoms with E-state index < -0.39 is 0 Å². The summed E-state index contributed by atoms with van der Waals surface area (Å²) in [6.45, 7) is 8.93. The minimum atomic E-state index is -0.247. The number of amides is 1. The van der Waals surface area contributed by atoms with Gasteiger partial charge in [-0.15, -0.1) is 6.58 Å². The molecule has 1 amide bonds. The summed E-state index contributed by atoms with van der Waals surface area (Å²) in [5, 5.41) is 2.69. The molecule has 0 saturated heterocycles. The van der Waals surface area contributed by atoms with E-state index in [4.69, 9.17) is 0 Å². The highest BCUT2D eigenvalue weighted by molar-refractivity contribution is 5.92. The maximum Gasteiger partial charge on any atom is 0.271 e. The number of aromatic nitrogens is 2. The Balaban J connectivity index is 2.14. The van der Waals surface area contributed by atoms with E-state index in [9.17, 15) is 4.79 Å². The molecule has 0 aliphatic rings. The number of nitrogens with one attached hydrogen (secondary N) is 1. The number of hydrogen-bond acceptors (Lipinski definition) is 4. The van der Waals surface area contributed by atoms with Crippen molar-refractivity contribution in [3.63, 3.8) is 0 Å². The van der Waals surface area contributed by atoms with Gasteiger partial charge in [-0.05, 0) is 19.4 Å². The molecule has 0 atom stereocenters. The lowest BCUT2D eigenvalue weighted by atomic mass is 10.2. The molecule has 120 valence electrons. The molecule has 1 aromatic heterocycles. The summed E-state index contributed by atoms with van der Waals surface area (Å²) in [7, 11) is 0. The predicted molar refractivity (Wildman–Crippen MR) is 92.3 cm³/mol. The highest BCUT2D eigenvalue weighted by Crippen LogP contribution is 2.16. The Morgan fingerprint density at radius 2 is 2.00 bits per heavy atom. The average Bonchev–Trinajstić information content (AvgIpc) is 2.58. The van der Waals surface area contributed by atoms with E-state index in [1.54, 1.807) is 12.3 Å². The van der Waals surface area contributed by atoms with Crippen molar-refractivity contribution in [2.24, 2.45) is 0 Å². The van der Waals surface area contributed by atoms with Crippen molar-refractivity contribution in [3.05, 3.63) is 66.6 Å². The van der Waals surface area contributed by atoms with Gasteiger partial charge in [0, 0.05) is 19.1 Å². The van der Waals surface area contributed by atoms with Gasteiger partial charge in [-0.25, -0.2) is 9.97 Å². The van der Waals surface area contributed by atoms with Crippen molar-refractivity contribution in [2.45, 2.75) is 26.4 Å². The molecule has 0 aliphatic heterocycles. The van der Waals surface area contributed by atoms with E-state index in [0.717, 1.165) is 12.4 Å². The molecule has 1 N–H and O–H groups in total. The monoisotopic (exact) mass is 310 g/mol. The molecule has 1 aromatic carbocycles. The molecule has 0 aliphatic carbocycles. The lowest BCUT2D eigenvalue weighted by Crippen LogP contribution is -2.31. The molecule has 0 fully saturated rings. The Morgan fingerprint density at radius 1 is 1.26 bits per heavy atom. The fourth-order valence-electron chi connectivity index (χ4n) is 2.15. The number of hydrogen-bond donors (Lipinski definition) is 1. The quantitative estimate of drug-likeness (QED) is 0.799. The minimum absolute atomic E-state index is 0.247. The second kappa shape index (κ2) is 8.08. The van der Waals surface area contributed by atoms with Crippen LogP contribution in [0.2, 0.25) is 0 Å². The highest BCUT2D eigenvalue weighted by Gasteiger charge is 2.14. The Hall–Kier alpha value is -2.69. The summed E-state index contributed by atoms with van der Waals surface area (Å²) in [5.41, 5.74) is 1.51. The third-order valence-electron chi connectivity index (χ3n) is 3.39. The normalized spacial score (nSPS) is 10.4. The SMILES string of the molecule is C=CCNC(=O)c1cnc(N(Cc2ccccc2)C(C)C)cn1. The molecule has 1 heterocycles. The lowest BCUT2D eigenvalue weighted by molar-refractivity contribution is 0.0952. The molecular formula is C18H22N4O. The molecule has 5 heteroatoms. The zero-order valence-electron chi connectivity index (χ0n) is 13.6. The predicted octanol–water partition coefficient (Wildman–Crippen LogP) is 2.81. The van der Waals surface area contributed by atoms with Gasteiger partial charge in [-0.2, -0.15) is 0 Å². The van der Waals surface area contributed by atoms with Crippen LogP contribution in [0.4, 0.5) is 5.82 Å². The van der Waals surface area contributed by atoms with Crippen LogP contribution in [-0.4, -0.2) is 28.5 Å². The van der Waals surface area contributed by atoms with E-state index in [1.807, 2.05) is 18.2 Å². The number of carbonyl (C=O) groups is 1. The van der Waals surface area contributed by atoms with Crippen molar-refractivity contribution in [1.29, 1.82) is 0 Å². The number of benzene rings is 1. The molecule has 0 radical (unpaired) electrons. The lowest BCUT2D eigenvalue weighted by Gasteiger charge is -2.27. The van der Waals surface area contributed by atoms with E-state index in [0.29, 0.717) is 12.2 Å². The van der Waals surface area contributed by atoms with Crippen molar-refractivity contribution in [3.8, 4) is 0 Å². The van der Waals surface area contributed by atoms with Crippen molar-refractivity contribution < 1.29 is 4.79 Å². The summed E-state index contributed by atoms with van der Waals surface area (Å²) < 4.78 is 0. The molecule has 0 unspecified atom stereocenters. The van der Waals surface area contributed by atoms with Crippen LogP contribution in [0.3, 0.4) is 0 Å². The largest absolute Gasteiger partial charge is 0.349 e. The minimum Gasteiger partial charge on any atom is -0.349 e. The summed E-state index contributed by atoms with van der Waals surface area (Å²) in [6.07, 6.45) is 4.78. The summed E-state index contributed by atoms with van der Waals surface area (Å²) in [5.74, 6) is 0.507. The summed E-state index contributed by atoms with van der Waals surface area (Å²) >= 11 is 0. The zero-order valence-corrected chi connectivity index (χ0v) is 13.6. The van der Waals surface area contributed by atoms with Gasteiger partial charge in [0.1, 0.15) is 11.5 Å². The fourth-order valence-corrected chi connectivity index (χ4v) is 2.15. The zero-order chi connectivity index (χ0) is 16.7. The molecule has 2 rings (SSSR count). The molecular weight excluding hydrogens is 288 g/mol. The second-order valence-electron chi connectivity index (χ2n) is 5.47. The van der Waals surface area contributed by atoms with Crippen LogP contribution < -0.4 is 10.2 Å². The van der Waals surface area contributed by atoms with E-state index in [1.165, 1.54) is 11.8 Å². The van der Waals surface area contributed by atoms with Gasteiger partial charge >= 0.3 is 0 Å². The fraction of sp³-hybridized carbons (Fsp3) is 0.278. The maximum absolute atomic E-state index is 11.8. The summed E-state index contributed by atoms with van der Waals surface area (Å²) in [4.78, 5) is 22.6. The highest BCUT2D eigenvalue weighted by atomic mass is 16.1. The van der Waals surface area contributed by atoms with Crippen molar-refractivity contribution >= 4 is 11.7 Å². The Bertz CT molecular complexity index is 638. The second-order valence-corrected chi connectivity index (χ2v) is 5.47. The molecule has 2 aromatic rings. The standard InChI is InChI=1S/C18H22N4O/c1-4-10-19-18(23)16-11-21-17(12-20-16)22(14(2)3)13-15-8-6-5-7-9-15/h4-9,11-12,14H,1,10,13H2,2-3H3,(H,19,23). The first-order chi connectivity index (χ1) is 11.1. The molecule has 0 bridgehead atoms. The Labute approximate surface area is 137 Å². The summed E-state index contributed by atoms with van der Waals surface area (Å²) in [6, 6.07) is 10.5. The first-order valence-corrected chi connectivity index (χ1v) is 7.63. The first-order valence-electron chi connectivity index (χ1n) is 7.63. The molecule has 23 heavy (non-hydrogen) atoms. The van der Waals surface area contributed by atoms with Crippen LogP contribution in [0.15, 0.2) is 55.4 Å². The van der Waals surface area contributed by atoms with Gasteiger partial charge in [0.15, 0.2) is 0 Å². The smallest absolute Gasteiger partial charge is 0.271 e.